The van der Waals surface area contributed by atoms with Crippen molar-refractivity contribution >= 4 is 11.7 Å². The van der Waals surface area contributed by atoms with Crippen molar-refractivity contribution in [2.45, 2.75) is 44.9 Å². The molecule has 0 aromatic carbocycles. The molecular formula is C12H19NO2. The molecule has 0 aromatic rings. The highest BCUT2D eigenvalue weighted by Crippen LogP contribution is 2.24. The molecule has 1 aliphatic heterocycles. The largest absolute Gasteiger partial charge is 0.343 e. The van der Waals surface area contributed by atoms with E-state index >= 15 is 0 Å². The first-order valence-electron chi connectivity index (χ1n) is 6.08. The van der Waals surface area contributed by atoms with Gasteiger partial charge in [-0.25, -0.2) is 0 Å². The van der Waals surface area contributed by atoms with Crippen LogP contribution in [-0.2, 0) is 9.59 Å². The number of carbonyl (C=O) groups is 2. The molecule has 1 unspecified atom stereocenters. The Hall–Kier alpha value is -0.860. The van der Waals surface area contributed by atoms with Crippen LogP contribution in [0.3, 0.4) is 0 Å². The average Bonchev–Trinajstić information content (AvgIpc) is 2.74. The molecule has 3 heteroatoms. The van der Waals surface area contributed by atoms with Gasteiger partial charge in [0.2, 0.25) is 5.91 Å². The summed E-state index contributed by atoms with van der Waals surface area (Å²) in [5.74, 6) is 0.549. The number of hydrogen-bond donors (Lipinski definition) is 0. The van der Waals surface area contributed by atoms with Crippen molar-refractivity contribution in [1.29, 1.82) is 0 Å². The number of hydrogen-bond acceptors (Lipinski definition) is 2. The van der Waals surface area contributed by atoms with Gasteiger partial charge in [-0.05, 0) is 25.7 Å². The van der Waals surface area contributed by atoms with Gasteiger partial charge in [0, 0.05) is 31.8 Å². The Morgan fingerprint density at radius 3 is 2.60 bits per heavy atom. The summed E-state index contributed by atoms with van der Waals surface area (Å²) in [4.78, 5) is 25.3. The molecule has 2 rings (SSSR count). The molecule has 3 nitrogen and oxygen atoms in total. The predicted molar refractivity (Wildman–Crippen MR) is 57.4 cm³/mol. The highest BCUT2D eigenvalue weighted by Gasteiger charge is 2.27. The number of likely N-dealkylation sites (tertiary alicyclic amines) is 1. The molecule has 2 aliphatic rings. The second kappa shape index (κ2) is 4.77. The molecule has 1 saturated heterocycles. The summed E-state index contributed by atoms with van der Waals surface area (Å²) in [6.45, 7) is 1.81. The number of ketones is 1. The standard InChI is InChI=1S/C12H19NO2/c14-11-6-2-1-5-10(11)9-12(15)13-7-3-4-8-13/h10H,1-9H2. The molecule has 1 aliphatic carbocycles. The molecule has 0 radical (unpaired) electrons. The third kappa shape index (κ3) is 2.58. The zero-order valence-electron chi connectivity index (χ0n) is 9.21. The molecule has 1 atom stereocenters. The molecule has 0 spiro atoms. The van der Waals surface area contributed by atoms with E-state index in [9.17, 15) is 9.59 Å². The van der Waals surface area contributed by atoms with Gasteiger partial charge in [-0.1, -0.05) is 6.42 Å². The maximum absolute atomic E-state index is 11.8. The smallest absolute Gasteiger partial charge is 0.223 e. The summed E-state index contributed by atoms with van der Waals surface area (Å²) in [6.07, 6.45) is 6.49. The highest BCUT2D eigenvalue weighted by molar-refractivity contribution is 5.87. The Kier molecular flexibility index (Phi) is 3.39. The lowest BCUT2D eigenvalue weighted by atomic mass is 9.85. The first kappa shape index (κ1) is 10.7. The molecule has 1 saturated carbocycles. The van der Waals surface area contributed by atoms with Crippen LogP contribution >= 0.6 is 0 Å². The summed E-state index contributed by atoms with van der Waals surface area (Å²) < 4.78 is 0. The first-order chi connectivity index (χ1) is 7.27. The van der Waals surface area contributed by atoms with Crippen LogP contribution in [0.2, 0.25) is 0 Å². The fourth-order valence-electron chi connectivity index (χ4n) is 2.58. The van der Waals surface area contributed by atoms with Crippen molar-refractivity contribution in [3.63, 3.8) is 0 Å². The lowest BCUT2D eigenvalue weighted by Gasteiger charge is -2.22. The molecule has 1 amide bonds. The second-order valence-electron chi connectivity index (χ2n) is 4.70. The minimum Gasteiger partial charge on any atom is -0.343 e. The third-order valence-corrected chi connectivity index (χ3v) is 3.56. The SMILES string of the molecule is O=C1CCCCC1CC(=O)N1CCCC1. The van der Waals surface area contributed by atoms with Crippen LogP contribution in [0.4, 0.5) is 0 Å². The number of nitrogens with zero attached hydrogens (tertiary/aromatic N) is 1. The Morgan fingerprint density at radius 2 is 1.93 bits per heavy atom. The molecule has 1 heterocycles. The van der Waals surface area contributed by atoms with Crippen LogP contribution in [0.5, 0.6) is 0 Å². The molecule has 84 valence electrons. The number of carbonyl (C=O) groups excluding carboxylic acids is 2. The van der Waals surface area contributed by atoms with Crippen LogP contribution in [0, 0.1) is 5.92 Å². The third-order valence-electron chi connectivity index (χ3n) is 3.56. The Bertz CT molecular complexity index is 256. The van der Waals surface area contributed by atoms with Gasteiger partial charge in [0.25, 0.3) is 0 Å². The molecule has 15 heavy (non-hydrogen) atoms. The van der Waals surface area contributed by atoms with Crippen LogP contribution < -0.4 is 0 Å². The van der Waals surface area contributed by atoms with E-state index in [2.05, 4.69) is 0 Å². The molecule has 0 bridgehead atoms. The van der Waals surface area contributed by atoms with E-state index in [1.165, 1.54) is 0 Å². The first-order valence-corrected chi connectivity index (χ1v) is 6.08. The second-order valence-corrected chi connectivity index (χ2v) is 4.70. The van der Waals surface area contributed by atoms with Crippen molar-refractivity contribution in [2.75, 3.05) is 13.1 Å². The normalized spacial score (nSPS) is 27.1. The van der Waals surface area contributed by atoms with Crippen molar-refractivity contribution in [3.8, 4) is 0 Å². The average molecular weight is 209 g/mol. The lowest BCUT2D eigenvalue weighted by molar-refractivity contribution is -0.135. The van der Waals surface area contributed by atoms with Gasteiger partial charge in [-0.3, -0.25) is 9.59 Å². The van der Waals surface area contributed by atoms with E-state index in [-0.39, 0.29) is 11.8 Å². The van der Waals surface area contributed by atoms with Gasteiger partial charge >= 0.3 is 0 Å². The number of rotatable bonds is 2. The molecule has 0 aromatic heterocycles. The fourth-order valence-corrected chi connectivity index (χ4v) is 2.58. The fraction of sp³-hybridized carbons (Fsp3) is 0.833. The summed E-state index contributed by atoms with van der Waals surface area (Å²) in [5, 5.41) is 0. The predicted octanol–water partition coefficient (Wildman–Crippen LogP) is 1.76. The molecule has 2 fully saturated rings. The van der Waals surface area contributed by atoms with Gasteiger partial charge < -0.3 is 4.90 Å². The topological polar surface area (TPSA) is 37.4 Å². The molecule has 0 N–H and O–H groups in total. The van der Waals surface area contributed by atoms with Crippen molar-refractivity contribution in [1.82, 2.24) is 4.90 Å². The minimum absolute atomic E-state index is 0.0341. The number of Topliss-reactive ketones (excluding diaryl/α,β-unsaturated/α-hetero) is 1. The quantitative estimate of drug-likeness (QED) is 0.695. The van der Waals surface area contributed by atoms with Gasteiger partial charge in [0.1, 0.15) is 5.78 Å². The Balaban J connectivity index is 1.84. The maximum Gasteiger partial charge on any atom is 0.223 e. The Labute approximate surface area is 90.8 Å². The van der Waals surface area contributed by atoms with E-state index in [4.69, 9.17) is 0 Å². The lowest BCUT2D eigenvalue weighted by Crippen LogP contribution is -2.32. The monoisotopic (exact) mass is 209 g/mol. The summed E-state index contributed by atoms with van der Waals surface area (Å²) in [5.41, 5.74) is 0. The number of amides is 1. The van der Waals surface area contributed by atoms with Crippen molar-refractivity contribution < 1.29 is 9.59 Å². The van der Waals surface area contributed by atoms with E-state index in [1.807, 2.05) is 4.90 Å². The van der Waals surface area contributed by atoms with Crippen molar-refractivity contribution in [3.05, 3.63) is 0 Å². The van der Waals surface area contributed by atoms with Gasteiger partial charge in [-0.2, -0.15) is 0 Å². The van der Waals surface area contributed by atoms with E-state index in [0.29, 0.717) is 18.6 Å². The summed E-state index contributed by atoms with van der Waals surface area (Å²) in [6, 6.07) is 0. The van der Waals surface area contributed by atoms with Gasteiger partial charge in [0.05, 0.1) is 0 Å². The van der Waals surface area contributed by atoms with Crippen LogP contribution in [0.25, 0.3) is 0 Å². The summed E-state index contributed by atoms with van der Waals surface area (Å²) in [7, 11) is 0. The van der Waals surface area contributed by atoms with E-state index in [0.717, 1.165) is 45.2 Å². The van der Waals surface area contributed by atoms with Crippen LogP contribution in [0.15, 0.2) is 0 Å². The maximum atomic E-state index is 11.8. The zero-order valence-corrected chi connectivity index (χ0v) is 9.21. The van der Waals surface area contributed by atoms with E-state index < -0.39 is 0 Å². The van der Waals surface area contributed by atoms with E-state index in [1.54, 1.807) is 0 Å². The van der Waals surface area contributed by atoms with Crippen molar-refractivity contribution in [2.24, 2.45) is 5.92 Å². The highest BCUT2D eigenvalue weighted by atomic mass is 16.2. The molecular weight excluding hydrogens is 190 g/mol. The Morgan fingerprint density at radius 1 is 1.20 bits per heavy atom. The zero-order chi connectivity index (χ0) is 10.7. The van der Waals surface area contributed by atoms with Gasteiger partial charge in [-0.15, -0.1) is 0 Å². The summed E-state index contributed by atoms with van der Waals surface area (Å²) >= 11 is 0. The minimum atomic E-state index is 0.0341. The van der Waals surface area contributed by atoms with Gasteiger partial charge in [0.15, 0.2) is 0 Å². The van der Waals surface area contributed by atoms with Crippen LogP contribution in [0.1, 0.15) is 44.9 Å². The van der Waals surface area contributed by atoms with Crippen LogP contribution in [-0.4, -0.2) is 29.7 Å².